The molecule has 3 N–H and O–H groups in total. The molecule has 0 spiro atoms. The Morgan fingerprint density at radius 1 is 1.24 bits per heavy atom. The summed E-state index contributed by atoms with van der Waals surface area (Å²) in [5.41, 5.74) is 3.81. The normalized spacial score (nSPS) is 21.2. The fourth-order valence-electron chi connectivity index (χ4n) is 3.60. The summed E-state index contributed by atoms with van der Waals surface area (Å²) in [6.07, 6.45) is 1.11. The highest BCUT2D eigenvalue weighted by molar-refractivity contribution is 5.99. The molecule has 0 aliphatic carbocycles. The van der Waals surface area contributed by atoms with Gasteiger partial charge < -0.3 is 15.6 Å². The van der Waals surface area contributed by atoms with Crippen LogP contribution >= 0.6 is 0 Å². The maximum atomic E-state index is 12.8. The molecule has 1 aromatic carbocycles. The molecule has 1 aliphatic rings. The summed E-state index contributed by atoms with van der Waals surface area (Å²) in [5, 5.41) is 7.24. The van der Waals surface area contributed by atoms with Crippen molar-refractivity contribution in [1.82, 2.24) is 15.6 Å². The molecule has 1 aromatic heterocycles. The number of aromatic amines is 1. The van der Waals surface area contributed by atoms with E-state index in [-0.39, 0.29) is 29.3 Å². The van der Waals surface area contributed by atoms with Crippen molar-refractivity contribution in [3.63, 3.8) is 0 Å². The summed E-state index contributed by atoms with van der Waals surface area (Å²) >= 11 is 0. The minimum Gasteiger partial charge on any atom is -0.351 e. The van der Waals surface area contributed by atoms with Crippen molar-refractivity contribution >= 4 is 22.7 Å². The maximum absolute atomic E-state index is 12.8. The average Bonchev–Trinajstić information content (AvgIpc) is 2.97. The average molecular weight is 341 g/mol. The summed E-state index contributed by atoms with van der Waals surface area (Å²) < 4.78 is 0. The van der Waals surface area contributed by atoms with Gasteiger partial charge >= 0.3 is 0 Å². The summed E-state index contributed by atoms with van der Waals surface area (Å²) in [5.74, 6) is -0.0641. The van der Waals surface area contributed by atoms with Gasteiger partial charge in [-0.2, -0.15) is 0 Å². The van der Waals surface area contributed by atoms with Crippen LogP contribution in [0.1, 0.15) is 55.2 Å². The van der Waals surface area contributed by atoms with Crippen molar-refractivity contribution in [2.24, 2.45) is 5.41 Å². The quantitative estimate of drug-likeness (QED) is 0.785. The number of amides is 2. The number of carbonyl (C=O) groups excluding carboxylic acids is 2. The zero-order chi connectivity index (χ0) is 18.4. The predicted octanol–water partition coefficient (Wildman–Crippen LogP) is 3.21. The third-order valence-corrected chi connectivity index (χ3v) is 5.24. The third kappa shape index (κ3) is 3.41. The summed E-state index contributed by atoms with van der Waals surface area (Å²) in [4.78, 5) is 27.8. The molecule has 0 bridgehead atoms. The number of benzene rings is 1. The van der Waals surface area contributed by atoms with Crippen LogP contribution in [0.3, 0.4) is 0 Å². The lowest BCUT2D eigenvalue weighted by atomic mass is 9.78. The van der Waals surface area contributed by atoms with Crippen molar-refractivity contribution in [2.75, 3.05) is 0 Å². The van der Waals surface area contributed by atoms with E-state index in [1.807, 2.05) is 12.1 Å². The van der Waals surface area contributed by atoms with Gasteiger partial charge in [0.05, 0.1) is 12.1 Å². The van der Waals surface area contributed by atoms with Gasteiger partial charge in [0.15, 0.2) is 0 Å². The lowest BCUT2D eigenvalue weighted by Crippen LogP contribution is -2.60. The second-order valence-electron chi connectivity index (χ2n) is 8.18. The van der Waals surface area contributed by atoms with Gasteiger partial charge in [-0.1, -0.05) is 26.8 Å². The Morgan fingerprint density at radius 2 is 1.96 bits per heavy atom. The lowest BCUT2D eigenvalue weighted by molar-refractivity contribution is -0.125. The standard InChI is InChI=1S/C20H27N3O2/c1-11-6-7-14-13(12(11)2)10-16(21-14)19(25)22-15-8-9-17(24)23-18(15)20(3,4)5/h6-7,10,15,18,21H,8-9H2,1-5H3,(H,22,25)(H,23,24)/t15-,18-/m1/s1. The minimum atomic E-state index is -0.123. The van der Waals surface area contributed by atoms with E-state index in [2.05, 4.69) is 56.3 Å². The molecule has 134 valence electrons. The molecule has 2 aromatic rings. The maximum Gasteiger partial charge on any atom is 0.268 e. The van der Waals surface area contributed by atoms with Crippen molar-refractivity contribution in [3.05, 3.63) is 35.0 Å². The third-order valence-electron chi connectivity index (χ3n) is 5.24. The second kappa shape index (κ2) is 6.21. The molecule has 1 saturated heterocycles. The fraction of sp³-hybridized carbons (Fsp3) is 0.500. The largest absolute Gasteiger partial charge is 0.351 e. The smallest absolute Gasteiger partial charge is 0.268 e. The minimum absolute atomic E-state index is 0.0575. The van der Waals surface area contributed by atoms with Gasteiger partial charge in [-0.25, -0.2) is 0 Å². The van der Waals surface area contributed by atoms with Gasteiger partial charge in [-0.05, 0) is 48.9 Å². The number of hydrogen-bond acceptors (Lipinski definition) is 2. The Hall–Kier alpha value is -2.30. The first-order valence-electron chi connectivity index (χ1n) is 8.86. The van der Waals surface area contributed by atoms with E-state index in [0.29, 0.717) is 18.5 Å². The first-order chi connectivity index (χ1) is 11.7. The van der Waals surface area contributed by atoms with Crippen LogP contribution in [0.2, 0.25) is 0 Å². The first kappa shape index (κ1) is 17.5. The van der Waals surface area contributed by atoms with Crippen LogP contribution in [0, 0.1) is 19.3 Å². The van der Waals surface area contributed by atoms with E-state index < -0.39 is 0 Å². The Labute approximate surface area is 148 Å². The number of piperidine rings is 1. The Balaban J connectivity index is 1.84. The van der Waals surface area contributed by atoms with Gasteiger partial charge in [0.1, 0.15) is 5.69 Å². The molecule has 0 saturated carbocycles. The van der Waals surface area contributed by atoms with Crippen molar-refractivity contribution in [1.29, 1.82) is 0 Å². The number of hydrogen-bond donors (Lipinski definition) is 3. The van der Waals surface area contributed by atoms with Gasteiger partial charge in [0, 0.05) is 17.3 Å². The summed E-state index contributed by atoms with van der Waals surface area (Å²) in [6.45, 7) is 10.4. The molecule has 3 rings (SSSR count). The zero-order valence-electron chi connectivity index (χ0n) is 15.6. The number of aryl methyl sites for hydroxylation is 2. The van der Waals surface area contributed by atoms with Crippen LogP contribution in [0.15, 0.2) is 18.2 Å². The van der Waals surface area contributed by atoms with Crippen LogP contribution in [-0.2, 0) is 4.79 Å². The molecule has 2 amide bonds. The predicted molar refractivity (Wildman–Crippen MR) is 99.6 cm³/mol. The Morgan fingerprint density at radius 3 is 2.64 bits per heavy atom. The Kier molecular flexibility index (Phi) is 4.35. The Bertz CT molecular complexity index is 829. The number of H-pyrrole nitrogens is 1. The molecule has 25 heavy (non-hydrogen) atoms. The first-order valence-corrected chi connectivity index (χ1v) is 8.86. The van der Waals surface area contributed by atoms with Crippen LogP contribution in [0.25, 0.3) is 10.9 Å². The molecule has 5 heteroatoms. The number of rotatable bonds is 2. The highest BCUT2D eigenvalue weighted by Gasteiger charge is 2.37. The molecule has 5 nitrogen and oxygen atoms in total. The summed E-state index contributed by atoms with van der Waals surface area (Å²) in [7, 11) is 0. The monoisotopic (exact) mass is 341 g/mol. The molecule has 2 atom stereocenters. The van der Waals surface area contributed by atoms with E-state index in [1.54, 1.807) is 0 Å². The fourth-order valence-corrected chi connectivity index (χ4v) is 3.60. The van der Waals surface area contributed by atoms with E-state index in [1.165, 1.54) is 11.1 Å². The van der Waals surface area contributed by atoms with E-state index in [9.17, 15) is 9.59 Å². The number of fused-ring (bicyclic) bond motifs is 1. The number of nitrogens with one attached hydrogen (secondary N) is 3. The molecular formula is C20H27N3O2. The van der Waals surface area contributed by atoms with Gasteiger partial charge in [0.2, 0.25) is 5.91 Å². The highest BCUT2D eigenvalue weighted by atomic mass is 16.2. The number of aromatic nitrogens is 1. The molecule has 1 aliphatic heterocycles. The van der Waals surface area contributed by atoms with Crippen molar-refractivity contribution in [2.45, 2.75) is 59.5 Å². The van der Waals surface area contributed by atoms with Crippen molar-refractivity contribution < 1.29 is 9.59 Å². The van der Waals surface area contributed by atoms with Gasteiger partial charge in [0.25, 0.3) is 5.91 Å². The molecular weight excluding hydrogens is 314 g/mol. The molecule has 1 fully saturated rings. The van der Waals surface area contributed by atoms with Crippen LogP contribution in [-0.4, -0.2) is 28.9 Å². The van der Waals surface area contributed by atoms with E-state index >= 15 is 0 Å². The van der Waals surface area contributed by atoms with Gasteiger partial charge in [-0.15, -0.1) is 0 Å². The second-order valence-corrected chi connectivity index (χ2v) is 8.18. The molecule has 2 heterocycles. The van der Waals surface area contributed by atoms with E-state index in [0.717, 1.165) is 10.9 Å². The van der Waals surface area contributed by atoms with Crippen LogP contribution in [0.4, 0.5) is 0 Å². The van der Waals surface area contributed by atoms with Gasteiger partial charge in [-0.3, -0.25) is 9.59 Å². The summed E-state index contributed by atoms with van der Waals surface area (Å²) in [6, 6.07) is 5.83. The molecule has 0 radical (unpaired) electrons. The lowest BCUT2D eigenvalue weighted by Gasteiger charge is -2.40. The molecule has 0 unspecified atom stereocenters. The number of carbonyl (C=O) groups is 2. The SMILES string of the molecule is Cc1ccc2[nH]c(C(=O)N[C@@H]3CCC(=O)N[C@H]3C(C)(C)C)cc2c1C. The highest BCUT2D eigenvalue weighted by Crippen LogP contribution is 2.27. The van der Waals surface area contributed by atoms with E-state index in [4.69, 9.17) is 0 Å². The van der Waals surface area contributed by atoms with Crippen molar-refractivity contribution in [3.8, 4) is 0 Å². The zero-order valence-corrected chi connectivity index (χ0v) is 15.6. The van der Waals surface area contributed by atoms with Crippen LogP contribution < -0.4 is 10.6 Å². The topological polar surface area (TPSA) is 74.0 Å². The van der Waals surface area contributed by atoms with Crippen LogP contribution in [0.5, 0.6) is 0 Å².